The van der Waals surface area contributed by atoms with Gasteiger partial charge in [0, 0.05) is 0 Å². The van der Waals surface area contributed by atoms with E-state index in [4.69, 9.17) is 11.6 Å². The molecule has 2 atom stereocenters. The van der Waals surface area contributed by atoms with Crippen LogP contribution in [0.3, 0.4) is 0 Å². The Hall–Kier alpha value is -1.06. The van der Waals surface area contributed by atoms with Crippen LogP contribution in [0, 0.1) is 12.8 Å². The molecule has 0 aliphatic heterocycles. The van der Waals surface area contributed by atoms with E-state index in [1.54, 1.807) is 12.1 Å². The number of aliphatic hydroxyl groups is 1. The van der Waals surface area contributed by atoms with Crippen LogP contribution in [0.2, 0.25) is 5.02 Å². The summed E-state index contributed by atoms with van der Waals surface area (Å²) >= 11 is 6.14. The average Bonchev–Trinajstić information content (AvgIpc) is 2.38. The number of carbonyl (C=O) groups is 1. The van der Waals surface area contributed by atoms with Crippen LogP contribution >= 0.6 is 11.6 Å². The summed E-state index contributed by atoms with van der Waals surface area (Å²) in [6, 6.07) is 5.39. The van der Waals surface area contributed by atoms with E-state index in [2.05, 4.69) is 12.2 Å². The molecule has 1 aliphatic rings. The highest BCUT2D eigenvalue weighted by Crippen LogP contribution is 2.32. The molecule has 0 radical (unpaired) electrons. The van der Waals surface area contributed by atoms with E-state index < -0.39 is 5.54 Å². The molecule has 0 spiro atoms. The van der Waals surface area contributed by atoms with Crippen molar-refractivity contribution in [2.45, 2.75) is 45.1 Å². The summed E-state index contributed by atoms with van der Waals surface area (Å²) in [5.41, 5.74) is 1.00. The van der Waals surface area contributed by atoms with Gasteiger partial charge in [-0.2, -0.15) is 0 Å². The number of benzene rings is 1. The van der Waals surface area contributed by atoms with Crippen LogP contribution in [0.1, 0.15) is 48.5 Å². The van der Waals surface area contributed by atoms with Crippen molar-refractivity contribution in [2.24, 2.45) is 5.92 Å². The normalized spacial score (nSPS) is 26.3. The number of rotatable bonds is 3. The van der Waals surface area contributed by atoms with E-state index >= 15 is 0 Å². The second-order valence-electron chi connectivity index (χ2n) is 6.08. The molecule has 1 aromatic rings. The van der Waals surface area contributed by atoms with Gasteiger partial charge in [-0.15, -0.1) is 0 Å². The molecule has 1 aliphatic carbocycles. The molecule has 4 heteroatoms. The van der Waals surface area contributed by atoms with Gasteiger partial charge in [-0.05, 0) is 43.4 Å². The third-order valence-electron chi connectivity index (χ3n) is 4.14. The van der Waals surface area contributed by atoms with Gasteiger partial charge in [0.2, 0.25) is 0 Å². The van der Waals surface area contributed by atoms with Gasteiger partial charge in [0.05, 0.1) is 22.7 Å². The van der Waals surface area contributed by atoms with Crippen molar-refractivity contribution in [1.82, 2.24) is 5.32 Å². The van der Waals surface area contributed by atoms with Crippen molar-refractivity contribution < 1.29 is 9.90 Å². The Morgan fingerprint density at radius 3 is 2.90 bits per heavy atom. The minimum Gasteiger partial charge on any atom is -0.394 e. The molecule has 20 heavy (non-hydrogen) atoms. The van der Waals surface area contributed by atoms with Crippen molar-refractivity contribution in [3.05, 3.63) is 34.3 Å². The van der Waals surface area contributed by atoms with Crippen LogP contribution in [0.4, 0.5) is 0 Å². The lowest BCUT2D eigenvalue weighted by atomic mass is 9.76. The second kappa shape index (κ2) is 6.15. The van der Waals surface area contributed by atoms with Crippen LogP contribution in [0.15, 0.2) is 18.2 Å². The van der Waals surface area contributed by atoms with Crippen molar-refractivity contribution >= 4 is 17.5 Å². The molecule has 110 valence electrons. The third kappa shape index (κ3) is 3.33. The number of hydrogen-bond donors (Lipinski definition) is 2. The van der Waals surface area contributed by atoms with E-state index in [-0.39, 0.29) is 12.5 Å². The van der Waals surface area contributed by atoms with E-state index in [1.807, 2.05) is 13.0 Å². The lowest BCUT2D eigenvalue weighted by molar-refractivity contribution is 0.0697. The number of hydrogen-bond acceptors (Lipinski definition) is 2. The van der Waals surface area contributed by atoms with E-state index in [1.165, 1.54) is 0 Å². The number of aryl methyl sites for hydroxylation is 1. The third-order valence-corrected chi connectivity index (χ3v) is 4.45. The standard InChI is InChI=1S/C16H22ClNO2/c1-11-5-6-13(14(17)8-11)15(20)18-16(10-19)7-3-4-12(2)9-16/h5-6,8,12,19H,3-4,7,9-10H2,1-2H3,(H,18,20). The fourth-order valence-corrected chi connectivity index (χ4v) is 3.39. The number of carbonyl (C=O) groups excluding carboxylic acids is 1. The van der Waals surface area contributed by atoms with Gasteiger partial charge in [-0.1, -0.05) is 37.4 Å². The molecule has 1 amide bonds. The average molecular weight is 296 g/mol. The summed E-state index contributed by atoms with van der Waals surface area (Å²) in [7, 11) is 0. The highest BCUT2D eigenvalue weighted by atomic mass is 35.5. The van der Waals surface area contributed by atoms with Crippen LogP contribution in [0.5, 0.6) is 0 Å². The Labute approximate surface area is 125 Å². The Morgan fingerprint density at radius 2 is 2.30 bits per heavy atom. The first-order valence-corrected chi connectivity index (χ1v) is 7.53. The van der Waals surface area contributed by atoms with Crippen molar-refractivity contribution in [2.75, 3.05) is 6.61 Å². The number of amides is 1. The van der Waals surface area contributed by atoms with Gasteiger partial charge in [0.25, 0.3) is 5.91 Å². The monoisotopic (exact) mass is 295 g/mol. The summed E-state index contributed by atoms with van der Waals surface area (Å²) < 4.78 is 0. The van der Waals surface area contributed by atoms with Crippen molar-refractivity contribution in [3.8, 4) is 0 Å². The van der Waals surface area contributed by atoms with Crippen LogP contribution in [-0.2, 0) is 0 Å². The Morgan fingerprint density at radius 1 is 1.55 bits per heavy atom. The van der Waals surface area contributed by atoms with Gasteiger partial charge < -0.3 is 10.4 Å². The molecular weight excluding hydrogens is 274 g/mol. The first-order valence-electron chi connectivity index (χ1n) is 7.15. The number of halogens is 1. The van der Waals surface area contributed by atoms with Gasteiger partial charge >= 0.3 is 0 Å². The predicted molar refractivity (Wildman–Crippen MR) is 81.1 cm³/mol. The zero-order valence-electron chi connectivity index (χ0n) is 12.1. The molecule has 0 aromatic heterocycles. The zero-order chi connectivity index (χ0) is 14.8. The van der Waals surface area contributed by atoms with Gasteiger partial charge in [0.1, 0.15) is 0 Å². The lowest BCUT2D eigenvalue weighted by Crippen LogP contribution is -2.53. The molecule has 0 saturated heterocycles. The summed E-state index contributed by atoms with van der Waals surface area (Å²) in [5.74, 6) is 0.322. The van der Waals surface area contributed by atoms with Crippen LogP contribution in [0.25, 0.3) is 0 Å². The first kappa shape index (κ1) is 15.3. The topological polar surface area (TPSA) is 49.3 Å². The van der Waals surface area contributed by atoms with E-state index in [0.29, 0.717) is 16.5 Å². The molecule has 1 fully saturated rings. The van der Waals surface area contributed by atoms with E-state index in [9.17, 15) is 9.90 Å². The smallest absolute Gasteiger partial charge is 0.253 e. The minimum atomic E-state index is -0.497. The summed E-state index contributed by atoms with van der Waals surface area (Å²) in [6.45, 7) is 4.08. The highest BCUT2D eigenvalue weighted by Gasteiger charge is 2.36. The number of nitrogens with one attached hydrogen (secondary N) is 1. The maximum atomic E-state index is 12.4. The first-order chi connectivity index (χ1) is 9.46. The van der Waals surface area contributed by atoms with Crippen molar-refractivity contribution in [1.29, 1.82) is 0 Å². The quantitative estimate of drug-likeness (QED) is 0.899. The van der Waals surface area contributed by atoms with Crippen LogP contribution in [-0.4, -0.2) is 23.2 Å². The molecule has 1 aromatic carbocycles. The fourth-order valence-electron chi connectivity index (χ4n) is 3.07. The van der Waals surface area contributed by atoms with Gasteiger partial charge in [-0.3, -0.25) is 4.79 Å². The molecule has 2 rings (SSSR count). The minimum absolute atomic E-state index is 0.0213. The maximum Gasteiger partial charge on any atom is 0.253 e. The summed E-state index contributed by atoms with van der Waals surface area (Å²) in [6.07, 6.45) is 3.83. The van der Waals surface area contributed by atoms with Crippen LogP contribution < -0.4 is 5.32 Å². The summed E-state index contributed by atoms with van der Waals surface area (Å²) in [5, 5.41) is 13.2. The number of aliphatic hydroxyl groups excluding tert-OH is 1. The predicted octanol–water partition coefficient (Wildman–Crippen LogP) is 3.32. The van der Waals surface area contributed by atoms with Crippen molar-refractivity contribution in [3.63, 3.8) is 0 Å². The molecule has 3 nitrogen and oxygen atoms in total. The molecule has 1 saturated carbocycles. The molecule has 0 heterocycles. The SMILES string of the molecule is Cc1ccc(C(=O)NC2(CO)CCCC(C)C2)c(Cl)c1. The van der Waals surface area contributed by atoms with Gasteiger partial charge in [0.15, 0.2) is 0 Å². The molecular formula is C16H22ClNO2. The molecule has 2 unspecified atom stereocenters. The van der Waals surface area contributed by atoms with Gasteiger partial charge in [-0.25, -0.2) is 0 Å². The zero-order valence-corrected chi connectivity index (χ0v) is 12.8. The highest BCUT2D eigenvalue weighted by molar-refractivity contribution is 6.33. The maximum absolute atomic E-state index is 12.4. The molecule has 0 bridgehead atoms. The summed E-state index contributed by atoms with van der Waals surface area (Å²) in [4.78, 5) is 12.4. The Bertz CT molecular complexity index is 503. The largest absolute Gasteiger partial charge is 0.394 e. The lowest BCUT2D eigenvalue weighted by Gasteiger charge is -2.39. The second-order valence-corrected chi connectivity index (χ2v) is 6.48. The Kier molecular flexibility index (Phi) is 4.71. The Balaban J connectivity index is 2.16. The fraction of sp³-hybridized carbons (Fsp3) is 0.562. The molecule has 2 N–H and O–H groups in total. The van der Waals surface area contributed by atoms with E-state index in [0.717, 1.165) is 31.2 Å².